The van der Waals surface area contributed by atoms with Crippen molar-refractivity contribution in [1.29, 1.82) is 0 Å². The van der Waals surface area contributed by atoms with Crippen molar-refractivity contribution in [2.75, 3.05) is 13.2 Å². The topological polar surface area (TPSA) is 54.4 Å². The zero-order valence-electron chi connectivity index (χ0n) is 11.8. The highest BCUT2D eigenvalue weighted by atomic mass is 35.5. The van der Waals surface area contributed by atoms with Gasteiger partial charge in [-0.25, -0.2) is 4.39 Å². The molecular formula is C16H16ClFN2O2. The molecule has 2 aromatic rings. The van der Waals surface area contributed by atoms with Gasteiger partial charge in [-0.3, -0.25) is 4.98 Å². The Morgan fingerprint density at radius 3 is 3.05 bits per heavy atom. The van der Waals surface area contributed by atoms with Crippen molar-refractivity contribution in [2.45, 2.75) is 18.6 Å². The molecule has 0 amide bonds. The first-order valence-corrected chi connectivity index (χ1v) is 7.47. The molecule has 0 saturated heterocycles. The Bertz CT molecular complexity index is 651. The van der Waals surface area contributed by atoms with Gasteiger partial charge in [0.1, 0.15) is 17.7 Å². The molecule has 0 bridgehead atoms. The van der Waals surface area contributed by atoms with E-state index in [4.69, 9.17) is 16.3 Å². The molecule has 0 aliphatic carbocycles. The zero-order valence-corrected chi connectivity index (χ0v) is 12.6. The number of aliphatic hydroxyl groups excluding tert-OH is 1. The van der Waals surface area contributed by atoms with Gasteiger partial charge in [0.2, 0.25) is 0 Å². The predicted octanol–water partition coefficient (Wildman–Crippen LogP) is 3.02. The molecule has 0 spiro atoms. The van der Waals surface area contributed by atoms with Crippen LogP contribution >= 0.6 is 11.6 Å². The number of hydrogen-bond acceptors (Lipinski definition) is 4. The Kier molecular flexibility index (Phi) is 4.57. The Morgan fingerprint density at radius 2 is 2.27 bits per heavy atom. The molecule has 1 aliphatic heterocycles. The van der Waals surface area contributed by atoms with Crippen LogP contribution in [0.1, 0.15) is 29.8 Å². The smallest absolute Gasteiger partial charge is 0.142 e. The maximum atomic E-state index is 12.8. The maximum Gasteiger partial charge on any atom is 0.142 e. The Balaban J connectivity index is 1.68. The van der Waals surface area contributed by atoms with E-state index in [9.17, 15) is 9.50 Å². The number of para-hydroxylation sites is 1. The lowest BCUT2D eigenvalue weighted by Gasteiger charge is -2.28. The number of benzene rings is 1. The van der Waals surface area contributed by atoms with Crippen molar-refractivity contribution in [3.63, 3.8) is 0 Å². The fraction of sp³-hybridized carbons (Fsp3) is 0.312. The van der Waals surface area contributed by atoms with Crippen LogP contribution in [0.4, 0.5) is 4.39 Å². The second-order valence-corrected chi connectivity index (χ2v) is 5.58. The molecule has 4 nitrogen and oxygen atoms in total. The van der Waals surface area contributed by atoms with E-state index in [1.165, 1.54) is 12.1 Å². The Hall–Kier alpha value is -1.69. The minimum absolute atomic E-state index is 0.0533. The molecule has 2 atom stereocenters. The highest BCUT2D eigenvalue weighted by Crippen LogP contribution is 2.37. The van der Waals surface area contributed by atoms with Gasteiger partial charge < -0.3 is 15.2 Å². The molecular weight excluding hydrogens is 307 g/mol. The van der Waals surface area contributed by atoms with E-state index in [1.54, 1.807) is 6.07 Å². The van der Waals surface area contributed by atoms with Gasteiger partial charge >= 0.3 is 0 Å². The highest BCUT2D eigenvalue weighted by molar-refractivity contribution is 6.32. The van der Waals surface area contributed by atoms with E-state index >= 15 is 0 Å². The fourth-order valence-corrected chi connectivity index (χ4v) is 2.78. The quantitative estimate of drug-likeness (QED) is 0.908. The summed E-state index contributed by atoms with van der Waals surface area (Å²) < 4.78 is 18.4. The molecule has 3 rings (SSSR count). The molecule has 22 heavy (non-hydrogen) atoms. The summed E-state index contributed by atoms with van der Waals surface area (Å²) in [6.45, 7) is 0.883. The third-order valence-electron chi connectivity index (χ3n) is 3.68. The molecule has 1 aliphatic rings. The number of ether oxygens (including phenoxy) is 1. The summed E-state index contributed by atoms with van der Waals surface area (Å²) in [6.07, 6.45) is 1.09. The number of aliphatic hydroxyl groups is 1. The number of pyridine rings is 1. The maximum absolute atomic E-state index is 12.8. The first-order chi connectivity index (χ1) is 10.6. The molecule has 0 radical (unpaired) electrons. The largest absolute Gasteiger partial charge is 0.492 e. The normalized spacial score (nSPS) is 18.4. The van der Waals surface area contributed by atoms with Crippen molar-refractivity contribution >= 4 is 11.6 Å². The second-order valence-electron chi connectivity index (χ2n) is 5.17. The van der Waals surface area contributed by atoms with E-state index < -0.39 is 11.9 Å². The van der Waals surface area contributed by atoms with Crippen molar-refractivity contribution < 1.29 is 14.2 Å². The molecule has 0 fully saturated rings. The number of nitrogens with one attached hydrogen (secondary N) is 1. The van der Waals surface area contributed by atoms with Gasteiger partial charge in [-0.2, -0.15) is 0 Å². The van der Waals surface area contributed by atoms with E-state index in [-0.39, 0.29) is 6.04 Å². The lowest BCUT2D eigenvalue weighted by Crippen LogP contribution is -2.30. The molecule has 1 aromatic carbocycles. The van der Waals surface area contributed by atoms with Gasteiger partial charge in [0.15, 0.2) is 0 Å². The SMILES string of the molecule is OC(CNC1CCOc2c(Cl)cccc21)c1ccc(F)cn1. The summed E-state index contributed by atoms with van der Waals surface area (Å²) in [4.78, 5) is 3.89. The molecule has 2 heterocycles. The summed E-state index contributed by atoms with van der Waals surface area (Å²) in [7, 11) is 0. The molecule has 6 heteroatoms. The number of rotatable bonds is 4. The summed E-state index contributed by atoms with van der Waals surface area (Å²) in [5.74, 6) is 0.277. The van der Waals surface area contributed by atoms with Crippen LogP contribution in [-0.2, 0) is 0 Å². The van der Waals surface area contributed by atoms with Crippen LogP contribution in [-0.4, -0.2) is 23.2 Å². The summed E-state index contributed by atoms with van der Waals surface area (Å²) in [6, 6.07) is 8.45. The predicted molar refractivity (Wildman–Crippen MR) is 81.5 cm³/mol. The van der Waals surface area contributed by atoms with Crippen LogP contribution in [0.15, 0.2) is 36.5 Å². The third kappa shape index (κ3) is 3.21. The fourth-order valence-electron chi connectivity index (χ4n) is 2.54. The number of fused-ring (bicyclic) bond motifs is 1. The minimum Gasteiger partial charge on any atom is -0.492 e. The van der Waals surface area contributed by atoms with E-state index in [2.05, 4.69) is 10.3 Å². The summed E-state index contributed by atoms with van der Waals surface area (Å²) in [5, 5.41) is 14.0. The van der Waals surface area contributed by atoms with Gasteiger partial charge in [0, 0.05) is 24.6 Å². The summed E-state index contributed by atoms with van der Waals surface area (Å²) in [5.41, 5.74) is 1.42. The van der Waals surface area contributed by atoms with Gasteiger partial charge in [-0.05, 0) is 18.2 Å². The number of aromatic nitrogens is 1. The minimum atomic E-state index is -0.800. The van der Waals surface area contributed by atoms with Crippen molar-refractivity contribution in [3.05, 3.63) is 58.6 Å². The average Bonchev–Trinajstić information content (AvgIpc) is 2.54. The van der Waals surface area contributed by atoms with Crippen molar-refractivity contribution in [2.24, 2.45) is 0 Å². The van der Waals surface area contributed by atoms with Crippen LogP contribution in [0.25, 0.3) is 0 Å². The van der Waals surface area contributed by atoms with Gasteiger partial charge in [0.25, 0.3) is 0 Å². The third-order valence-corrected chi connectivity index (χ3v) is 3.97. The monoisotopic (exact) mass is 322 g/mol. The van der Waals surface area contributed by atoms with Crippen LogP contribution in [0.5, 0.6) is 5.75 Å². The first-order valence-electron chi connectivity index (χ1n) is 7.09. The van der Waals surface area contributed by atoms with E-state index in [1.807, 2.05) is 12.1 Å². The highest BCUT2D eigenvalue weighted by Gasteiger charge is 2.23. The van der Waals surface area contributed by atoms with E-state index in [0.717, 1.165) is 18.2 Å². The molecule has 1 aromatic heterocycles. The average molecular weight is 323 g/mol. The molecule has 2 N–H and O–H groups in total. The van der Waals surface area contributed by atoms with Gasteiger partial charge in [0.05, 0.1) is 23.5 Å². The summed E-state index contributed by atoms with van der Waals surface area (Å²) >= 11 is 6.13. The second kappa shape index (κ2) is 6.60. The number of halogens is 2. The van der Waals surface area contributed by atoms with Crippen LogP contribution < -0.4 is 10.1 Å². The van der Waals surface area contributed by atoms with Gasteiger partial charge in [-0.15, -0.1) is 0 Å². The molecule has 2 unspecified atom stereocenters. The van der Waals surface area contributed by atoms with Crippen LogP contribution in [0, 0.1) is 5.82 Å². The van der Waals surface area contributed by atoms with Crippen molar-refractivity contribution in [1.82, 2.24) is 10.3 Å². The first kappa shape index (κ1) is 15.2. The standard InChI is InChI=1S/C16H16ClFN2O2/c17-12-3-1-2-11-13(6-7-22-16(11)12)20-9-15(21)14-5-4-10(18)8-19-14/h1-5,8,13,15,20-21H,6-7,9H2. The lowest BCUT2D eigenvalue weighted by molar-refractivity contribution is 0.158. The zero-order chi connectivity index (χ0) is 15.5. The molecule has 116 valence electrons. The lowest BCUT2D eigenvalue weighted by atomic mass is 10.00. The van der Waals surface area contributed by atoms with Crippen molar-refractivity contribution in [3.8, 4) is 5.75 Å². The molecule has 0 saturated carbocycles. The van der Waals surface area contributed by atoms with Crippen LogP contribution in [0.2, 0.25) is 5.02 Å². The Labute approximate surface area is 132 Å². The van der Waals surface area contributed by atoms with E-state index in [0.29, 0.717) is 29.6 Å². The van der Waals surface area contributed by atoms with Gasteiger partial charge in [-0.1, -0.05) is 23.7 Å². The van der Waals surface area contributed by atoms with Crippen LogP contribution in [0.3, 0.4) is 0 Å². The Morgan fingerprint density at radius 1 is 1.41 bits per heavy atom. The number of nitrogens with zero attached hydrogens (tertiary/aromatic N) is 1. The number of hydrogen-bond donors (Lipinski definition) is 2.